The van der Waals surface area contributed by atoms with Gasteiger partial charge in [-0.1, -0.05) is 34.1 Å². The molecule has 0 amide bonds. The maximum absolute atomic E-state index is 10.7. The fourth-order valence-corrected chi connectivity index (χ4v) is 7.96. The Kier molecular flexibility index (Phi) is 2.82. The van der Waals surface area contributed by atoms with Crippen molar-refractivity contribution < 1.29 is 5.11 Å². The van der Waals surface area contributed by atoms with E-state index in [0.29, 0.717) is 16.2 Å². The SMILES string of the molecule is CC1(C)CCC[C@@]2(C)[C@@H]1CC[C@H]1C[C@@H](O)[C@@]3(C)CC[C@]12C3. The van der Waals surface area contributed by atoms with Crippen molar-refractivity contribution >= 4 is 0 Å². The Morgan fingerprint density at radius 1 is 0.905 bits per heavy atom. The molecule has 1 nitrogen and oxygen atoms in total. The molecule has 6 atom stereocenters. The summed E-state index contributed by atoms with van der Waals surface area (Å²) in [4.78, 5) is 0. The van der Waals surface area contributed by atoms with E-state index in [9.17, 15) is 5.11 Å². The van der Waals surface area contributed by atoms with Gasteiger partial charge in [0.1, 0.15) is 0 Å². The van der Waals surface area contributed by atoms with Crippen molar-refractivity contribution in [1.29, 1.82) is 0 Å². The largest absolute Gasteiger partial charge is 0.393 e. The van der Waals surface area contributed by atoms with E-state index < -0.39 is 0 Å². The van der Waals surface area contributed by atoms with Crippen LogP contribution in [0.15, 0.2) is 0 Å². The highest BCUT2D eigenvalue weighted by Gasteiger charge is 2.68. The van der Waals surface area contributed by atoms with E-state index in [0.717, 1.165) is 18.3 Å². The van der Waals surface area contributed by atoms with Crippen LogP contribution in [0, 0.1) is 33.5 Å². The number of aliphatic hydroxyl groups excluding tert-OH is 1. The maximum atomic E-state index is 10.7. The molecule has 0 aromatic heterocycles. The normalized spacial score (nSPS) is 58.4. The van der Waals surface area contributed by atoms with Gasteiger partial charge in [-0.3, -0.25) is 0 Å². The van der Waals surface area contributed by atoms with Crippen LogP contribution in [0.25, 0.3) is 0 Å². The second-order valence-electron chi connectivity index (χ2n) is 10.3. The highest BCUT2D eigenvalue weighted by Crippen LogP contribution is 2.76. The van der Waals surface area contributed by atoms with Crippen LogP contribution in [0.2, 0.25) is 0 Å². The summed E-state index contributed by atoms with van der Waals surface area (Å²) >= 11 is 0. The number of rotatable bonds is 0. The third-order valence-corrected chi connectivity index (χ3v) is 9.13. The first-order valence-corrected chi connectivity index (χ1v) is 9.42. The van der Waals surface area contributed by atoms with Crippen molar-refractivity contribution in [2.24, 2.45) is 33.5 Å². The molecule has 0 heterocycles. The van der Waals surface area contributed by atoms with Crippen LogP contribution in [0.3, 0.4) is 0 Å². The minimum atomic E-state index is -0.0325. The van der Waals surface area contributed by atoms with Crippen LogP contribution < -0.4 is 0 Å². The van der Waals surface area contributed by atoms with Gasteiger partial charge in [0, 0.05) is 0 Å². The number of fused-ring (bicyclic) bond motifs is 2. The number of hydrogen-bond donors (Lipinski definition) is 1. The molecule has 0 aliphatic heterocycles. The van der Waals surface area contributed by atoms with Crippen LogP contribution in [0.4, 0.5) is 0 Å². The molecule has 4 saturated carbocycles. The van der Waals surface area contributed by atoms with Gasteiger partial charge < -0.3 is 5.11 Å². The second-order valence-corrected chi connectivity index (χ2v) is 10.3. The maximum Gasteiger partial charge on any atom is 0.0596 e. The van der Waals surface area contributed by atoms with E-state index in [1.165, 1.54) is 51.4 Å². The van der Waals surface area contributed by atoms with Crippen molar-refractivity contribution in [3.8, 4) is 0 Å². The topological polar surface area (TPSA) is 20.2 Å². The standard InChI is InChI=1S/C20H34O/c1-17(2)8-5-9-19(4)15(17)7-6-14-12-16(21)18(3)10-11-20(14,19)13-18/h14-16,21H,5-13H2,1-4H3/t14-,15+,16+,18-,19-,20-/m0/s1. The van der Waals surface area contributed by atoms with Gasteiger partial charge in [-0.05, 0) is 84.9 Å². The summed E-state index contributed by atoms with van der Waals surface area (Å²) in [5.74, 6) is 1.71. The molecular formula is C20H34O. The summed E-state index contributed by atoms with van der Waals surface area (Å²) in [7, 11) is 0. The number of aliphatic hydroxyl groups is 1. The summed E-state index contributed by atoms with van der Waals surface area (Å²) in [5.41, 5.74) is 1.85. The fraction of sp³-hybridized carbons (Fsp3) is 1.00. The Labute approximate surface area is 130 Å². The summed E-state index contributed by atoms with van der Waals surface area (Å²) in [6.07, 6.45) is 12.1. The molecule has 1 spiro atoms. The lowest BCUT2D eigenvalue weighted by Crippen LogP contribution is -2.60. The highest BCUT2D eigenvalue weighted by atomic mass is 16.3. The quantitative estimate of drug-likeness (QED) is 0.652. The highest BCUT2D eigenvalue weighted by molar-refractivity contribution is 5.18. The van der Waals surface area contributed by atoms with Gasteiger partial charge in [0.25, 0.3) is 0 Å². The summed E-state index contributed by atoms with van der Waals surface area (Å²) < 4.78 is 0. The number of hydrogen-bond acceptors (Lipinski definition) is 1. The first-order chi connectivity index (χ1) is 9.74. The van der Waals surface area contributed by atoms with Crippen molar-refractivity contribution in [3.05, 3.63) is 0 Å². The Morgan fingerprint density at radius 3 is 2.43 bits per heavy atom. The van der Waals surface area contributed by atoms with Gasteiger partial charge in [0.15, 0.2) is 0 Å². The molecule has 1 N–H and O–H groups in total. The van der Waals surface area contributed by atoms with Gasteiger partial charge >= 0.3 is 0 Å². The molecule has 4 aliphatic rings. The monoisotopic (exact) mass is 290 g/mol. The van der Waals surface area contributed by atoms with Crippen LogP contribution in [0.1, 0.15) is 85.5 Å². The van der Waals surface area contributed by atoms with Gasteiger partial charge in [-0.25, -0.2) is 0 Å². The lowest BCUT2D eigenvalue weighted by molar-refractivity contribution is -0.189. The van der Waals surface area contributed by atoms with E-state index in [4.69, 9.17) is 0 Å². The zero-order valence-electron chi connectivity index (χ0n) is 14.5. The smallest absolute Gasteiger partial charge is 0.0596 e. The van der Waals surface area contributed by atoms with E-state index in [1.807, 2.05) is 0 Å². The Balaban J connectivity index is 1.79. The average molecular weight is 290 g/mol. The van der Waals surface area contributed by atoms with Gasteiger partial charge in [0.2, 0.25) is 0 Å². The first-order valence-electron chi connectivity index (χ1n) is 9.42. The van der Waals surface area contributed by atoms with Crippen molar-refractivity contribution in [2.45, 2.75) is 91.6 Å². The lowest BCUT2D eigenvalue weighted by atomic mass is 9.38. The van der Waals surface area contributed by atoms with Gasteiger partial charge in [0.05, 0.1) is 6.10 Å². The van der Waals surface area contributed by atoms with Crippen LogP contribution in [-0.2, 0) is 0 Å². The Hall–Kier alpha value is -0.0400. The van der Waals surface area contributed by atoms with Crippen LogP contribution in [0.5, 0.6) is 0 Å². The van der Waals surface area contributed by atoms with E-state index in [2.05, 4.69) is 27.7 Å². The van der Waals surface area contributed by atoms with Gasteiger partial charge in [-0.15, -0.1) is 0 Å². The van der Waals surface area contributed by atoms with Crippen molar-refractivity contribution in [1.82, 2.24) is 0 Å². The fourth-order valence-electron chi connectivity index (χ4n) is 7.96. The molecule has 0 aromatic rings. The molecule has 0 aromatic carbocycles. The first kappa shape index (κ1) is 14.5. The molecule has 0 radical (unpaired) electrons. The Morgan fingerprint density at radius 2 is 1.67 bits per heavy atom. The van der Waals surface area contributed by atoms with E-state index in [-0.39, 0.29) is 11.5 Å². The minimum Gasteiger partial charge on any atom is -0.393 e. The lowest BCUT2D eigenvalue weighted by Gasteiger charge is -2.67. The minimum absolute atomic E-state index is 0.0325. The predicted octanol–water partition coefficient (Wildman–Crippen LogP) is 5.17. The van der Waals surface area contributed by atoms with Gasteiger partial charge in [-0.2, -0.15) is 0 Å². The molecule has 2 bridgehead atoms. The second kappa shape index (κ2) is 4.08. The van der Waals surface area contributed by atoms with E-state index in [1.54, 1.807) is 0 Å². The van der Waals surface area contributed by atoms with Crippen molar-refractivity contribution in [3.63, 3.8) is 0 Å². The third-order valence-electron chi connectivity index (χ3n) is 9.13. The Bertz CT molecular complexity index is 455. The summed E-state index contributed by atoms with van der Waals surface area (Å²) in [5, 5.41) is 10.7. The van der Waals surface area contributed by atoms with Crippen LogP contribution >= 0.6 is 0 Å². The molecule has 4 fully saturated rings. The zero-order chi connectivity index (χ0) is 15.1. The van der Waals surface area contributed by atoms with Crippen LogP contribution in [-0.4, -0.2) is 11.2 Å². The molecule has 120 valence electrons. The van der Waals surface area contributed by atoms with Crippen molar-refractivity contribution in [2.75, 3.05) is 0 Å². The average Bonchev–Trinajstić information content (AvgIpc) is 2.70. The summed E-state index contributed by atoms with van der Waals surface area (Å²) in [6.45, 7) is 10.1. The molecule has 0 unspecified atom stereocenters. The molecule has 4 rings (SSSR count). The molecule has 4 aliphatic carbocycles. The van der Waals surface area contributed by atoms with E-state index >= 15 is 0 Å². The molecular weight excluding hydrogens is 256 g/mol. The molecule has 0 saturated heterocycles. The predicted molar refractivity (Wildman–Crippen MR) is 87.0 cm³/mol. The summed E-state index contributed by atoms with van der Waals surface area (Å²) in [6, 6.07) is 0. The third kappa shape index (κ3) is 1.62. The molecule has 1 heteroatoms. The molecule has 21 heavy (non-hydrogen) atoms. The zero-order valence-corrected chi connectivity index (χ0v) is 14.5.